The highest BCUT2D eigenvalue weighted by Gasteiger charge is 2.19. The van der Waals surface area contributed by atoms with E-state index in [0.29, 0.717) is 5.92 Å². The summed E-state index contributed by atoms with van der Waals surface area (Å²) in [5.41, 5.74) is 1.33. The highest BCUT2D eigenvalue weighted by atomic mass is 127. The largest absolute Gasteiger partial charge is 0.357 e. The minimum absolute atomic E-state index is 0. The van der Waals surface area contributed by atoms with Crippen LogP contribution < -0.4 is 10.6 Å². The molecular weight excluding hydrogens is 509 g/mol. The topological polar surface area (TPSA) is 42.9 Å². The van der Waals surface area contributed by atoms with Gasteiger partial charge in [-0.3, -0.25) is 4.99 Å². The summed E-state index contributed by atoms with van der Waals surface area (Å²) in [6.45, 7) is 17.4. The van der Waals surface area contributed by atoms with E-state index in [1.165, 1.54) is 31.7 Å². The molecule has 1 atom stereocenters. The number of piperazine rings is 1. The van der Waals surface area contributed by atoms with Crippen molar-refractivity contribution in [3.05, 3.63) is 34.9 Å². The molecule has 172 valence electrons. The van der Waals surface area contributed by atoms with Gasteiger partial charge in [-0.05, 0) is 49.4 Å². The molecule has 2 rings (SSSR count). The summed E-state index contributed by atoms with van der Waals surface area (Å²) < 4.78 is 0. The monoisotopic (exact) mass is 549 g/mol. The lowest BCUT2D eigenvalue weighted by molar-refractivity contribution is 0.139. The first-order chi connectivity index (χ1) is 13.8. The Hall–Kier alpha value is -0.570. The van der Waals surface area contributed by atoms with Crippen molar-refractivity contribution in [2.75, 3.05) is 59.4 Å². The quantitative estimate of drug-likeness (QED) is 0.278. The number of halogens is 2. The van der Waals surface area contributed by atoms with Crippen LogP contribution in [0.4, 0.5) is 0 Å². The first kappa shape index (κ1) is 27.5. The molecule has 30 heavy (non-hydrogen) atoms. The third-order valence-electron chi connectivity index (χ3n) is 5.36. The minimum Gasteiger partial charge on any atom is -0.357 e. The Morgan fingerprint density at radius 2 is 1.90 bits per heavy atom. The number of nitrogens with zero attached hydrogens (tertiary/aromatic N) is 3. The highest BCUT2D eigenvalue weighted by Crippen LogP contribution is 2.24. The molecule has 1 aliphatic rings. The van der Waals surface area contributed by atoms with Crippen molar-refractivity contribution < 1.29 is 0 Å². The molecule has 0 radical (unpaired) electrons. The Kier molecular flexibility index (Phi) is 12.6. The van der Waals surface area contributed by atoms with Gasteiger partial charge >= 0.3 is 0 Å². The summed E-state index contributed by atoms with van der Waals surface area (Å²) in [5.74, 6) is 1.50. The van der Waals surface area contributed by atoms with Crippen molar-refractivity contribution in [1.29, 1.82) is 0 Å². The predicted molar refractivity (Wildman–Crippen MR) is 141 cm³/mol. The Balaban J connectivity index is 0.00000450. The summed E-state index contributed by atoms with van der Waals surface area (Å²) in [6.07, 6.45) is 0.955. The number of nitrogens with one attached hydrogen (secondary N) is 2. The molecule has 0 spiro atoms. The van der Waals surface area contributed by atoms with Gasteiger partial charge in [0.25, 0.3) is 0 Å². The van der Waals surface area contributed by atoms with Crippen LogP contribution in [0.3, 0.4) is 0 Å². The third-order valence-corrected chi connectivity index (χ3v) is 5.60. The van der Waals surface area contributed by atoms with E-state index in [2.05, 4.69) is 67.3 Å². The van der Waals surface area contributed by atoms with E-state index < -0.39 is 0 Å². The SMILES string of the molecule is CCNC(=NCC(C)(C)Cc1cccc(Cl)c1)NCC(C)CN1CCN(C)CC1.I. The van der Waals surface area contributed by atoms with Gasteiger partial charge < -0.3 is 20.4 Å². The Morgan fingerprint density at radius 1 is 1.20 bits per heavy atom. The van der Waals surface area contributed by atoms with Crippen molar-refractivity contribution in [1.82, 2.24) is 20.4 Å². The maximum absolute atomic E-state index is 6.14. The maximum Gasteiger partial charge on any atom is 0.191 e. The fourth-order valence-corrected chi connectivity index (χ4v) is 3.91. The van der Waals surface area contributed by atoms with Crippen molar-refractivity contribution in [3.8, 4) is 0 Å². The maximum atomic E-state index is 6.14. The van der Waals surface area contributed by atoms with Gasteiger partial charge in [-0.15, -0.1) is 24.0 Å². The van der Waals surface area contributed by atoms with Gasteiger partial charge in [-0.25, -0.2) is 0 Å². The van der Waals surface area contributed by atoms with E-state index >= 15 is 0 Å². The zero-order valence-corrected chi connectivity index (χ0v) is 22.5. The van der Waals surface area contributed by atoms with E-state index in [1.54, 1.807) is 0 Å². The fraction of sp³-hybridized carbons (Fsp3) is 0.696. The first-order valence-corrected chi connectivity index (χ1v) is 11.3. The van der Waals surface area contributed by atoms with Gasteiger partial charge in [0, 0.05) is 57.4 Å². The molecule has 0 amide bonds. The lowest BCUT2D eigenvalue weighted by Crippen LogP contribution is -2.47. The molecule has 0 aliphatic carbocycles. The third kappa shape index (κ3) is 10.6. The fourth-order valence-electron chi connectivity index (χ4n) is 3.70. The van der Waals surface area contributed by atoms with Crippen molar-refractivity contribution in [3.63, 3.8) is 0 Å². The molecule has 1 unspecified atom stereocenters. The lowest BCUT2D eigenvalue weighted by Gasteiger charge is -2.34. The summed E-state index contributed by atoms with van der Waals surface area (Å²) in [5, 5.41) is 7.73. The molecule has 0 saturated carbocycles. The lowest BCUT2D eigenvalue weighted by atomic mass is 9.86. The Labute approximate surface area is 206 Å². The number of likely N-dealkylation sites (N-methyl/N-ethyl adjacent to an activating group) is 1. The minimum atomic E-state index is 0. The number of rotatable bonds is 9. The molecule has 7 heteroatoms. The number of hydrogen-bond donors (Lipinski definition) is 2. The van der Waals surface area contributed by atoms with Crippen LogP contribution in [0.15, 0.2) is 29.3 Å². The zero-order chi connectivity index (χ0) is 21.3. The van der Waals surface area contributed by atoms with Crippen molar-refractivity contribution in [2.45, 2.75) is 34.1 Å². The average Bonchev–Trinajstić information content (AvgIpc) is 2.65. The molecule has 5 nitrogen and oxygen atoms in total. The molecule has 1 heterocycles. The molecule has 2 N–H and O–H groups in total. The van der Waals surface area contributed by atoms with Gasteiger partial charge in [-0.2, -0.15) is 0 Å². The second-order valence-corrected chi connectivity index (χ2v) is 9.69. The van der Waals surface area contributed by atoms with E-state index in [4.69, 9.17) is 16.6 Å². The van der Waals surface area contributed by atoms with Crippen LogP contribution >= 0.6 is 35.6 Å². The first-order valence-electron chi connectivity index (χ1n) is 10.9. The Morgan fingerprint density at radius 3 is 2.53 bits per heavy atom. The summed E-state index contributed by atoms with van der Waals surface area (Å²) >= 11 is 6.14. The zero-order valence-electron chi connectivity index (χ0n) is 19.4. The number of aliphatic imine (C=N–C) groups is 1. The number of guanidine groups is 1. The van der Waals surface area contributed by atoms with E-state index in [0.717, 1.165) is 43.6 Å². The predicted octanol–water partition coefficient (Wildman–Crippen LogP) is 3.97. The van der Waals surface area contributed by atoms with Crippen molar-refractivity contribution in [2.24, 2.45) is 16.3 Å². The van der Waals surface area contributed by atoms with Gasteiger partial charge in [-0.1, -0.05) is 44.5 Å². The van der Waals surface area contributed by atoms with Gasteiger partial charge in [0.15, 0.2) is 5.96 Å². The smallest absolute Gasteiger partial charge is 0.191 e. The van der Waals surface area contributed by atoms with Crippen LogP contribution in [0.5, 0.6) is 0 Å². The summed E-state index contributed by atoms with van der Waals surface area (Å²) in [6, 6.07) is 8.13. The molecular formula is C23H41ClIN5. The van der Waals surface area contributed by atoms with Crippen LogP contribution in [0.2, 0.25) is 5.02 Å². The number of benzene rings is 1. The average molecular weight is 550 g/mol. The number of hydrogen-bond acceptors (Lipinski definition) is 3. The standard InChI is InChI=1S/C23H40ClN5.HI/c1-6-25-22(26-16-19(2)17-29-12-10-28(5)11-13-29)27-18-23(3,4)15-20-8-7-9-21(24)14-20;/h7-9,14,19H,6,10-13,15-18H2,1-5H3,(H2,25,26,27);1H. The van der Waals surface area contributed by atoms with Crippen LogP contribution in [-0.4, -0.2) is 75.2 Å². The van der Waals surface area contributed by atoms with Crippen LogP contribution in [-0.2, 0) is 6.42 Å². The summed E-state index contributed by atoms with van der Waals surface area (Å²) in [7, 11) is 2.20. The van der Waals surface area contributed by atoms with Gasteiger partial charge in [0.2, 0.25) is 0 Å². The molecule has 1 aromatic carbocycles. The van der Waals surface area contributed by atoms with Gasteiger partial charge in [0.05, 0.1) is 0 Å². The molecule has 1 aliphatic heterocycles. The van der Waals surface area contributed by atoms with E-state index in [-0.39, 0.29) is 29.4 Å². The molecule has 1 fully saturated rings. The second kappa shape index (κ2) is 13.8. The van der Waals surface area contributed by atoms with E-state index in [9.17, 15) is 0 Å². The van der Waals surface area contributed by atoms with Crippen molar-refractivity contribution >= 4 is 41.5 Å². The van der Waals surface area contributed by atoms with Gasteiger partial charge in [0.1, 0.15) is 0 Å². The van der Waals surface area contributed by atoms with E-state index in [1.807, 2.05) is 12.1 Å². The van der Waals surface area contributed by atoms with Crippen LogP contribution in [0.25, 0.3) is 0 Å². The summed E-state index contributed by atoms with van der Waals surface area (Å²) in [4.78, 5) is 9.85. The molecule has 1 saturated heterocycles. The van der Waals surface area contributed by atoms with Crippen LogP contribution in [0.1, 0.15) is 33.3 Å². The highest BCUT2D eigenvalue weighted by molar-refractivity contribution is 14.0. The molecule has 0 aromatic heterocycles. The second-order valence-electron chi connectivity index (χ2n) is 9.26. The molecule has 0 bridgehead atoms. The normalized spacial score (nSPS) is 17.3. The molecule has 1 aromatic rings. The van der Waals surface area contributed by atoms with Crippen LogP contribution in [0, 0.1) is 11.3 Å². The Bertz CT molecular complexity index is 644.